The minimum absolute atomic E-state index is 0.317. The molecule has 0 heteroatoms. The van der Waals surface area contributed by atoms with Crippen LogP contribution >= 0.6 is 0 Å². The van der Waals surface area contributed by atoms with E-state index in [-0.39, 0.29) is 0 Å². The second kappa shape index (κ2) is 19.5. The molecule has 1 fully saturated rings. The van der Waals surface area contributed by atoms with E-state index in [1.165, 1.54) is 71.1 Å². The molecule has 1 saturated carbocycles. The van der Waals surface area contributed by atoms with Crippen LogP contribution in [0.2, 0.25) is 0 Å². The van der Waals surface area contributed by atoms with Gasteiger partial charge in [-0.25, -0.2) is 0 Å². The Hall–Kier alpha value is -2.60. The lowest BCUT2D eigenvalue weighted by Gasteiger charge is -2.38. The average Bonchev–Trinajstić information content (AvgIpc) is 2.85. The third kappa shape index (κ3) is 16.5. The average molecular weight is 541 g/mol. The normalized spacial score (nSPS) is 19.9. The Morgan fingerprint density at radius 1 is 0.700 bits per heavy atom. The monoisotopic (exact) mass is 540 g/mol. The van der Waals surface area contributed by atoms with E-state index in [1.807, 2.05) is 0 Å². The highest BCUT2D eigenvalue weighted by atomic mass is 14.4. The van der Waals surface area contributed by atoms with Gasteiger partial charge < -0.3 is 0 Å². The molecule has 0 saturated heterocycles. The molecule has 0 aliphatic heterocycles. The molecule has 0 bridgehead atoms. The van der Waals surface area contributed by atoms with E-state index < -0.39 is 0 Å². The molecular weight excluding hydrogens is 480 g/mol. The summed E-state index contributed by atoms with van der Waals surface area (Å²) in [6.45, 7) is 24.5. The fourth-order valence-corrected chi connectivity index (χ4v) is 5.14. The van der Waals surface area contributed by atoms with Crippen LogP contribution in [0.4, 0.5) is 0 Å². The predicted octanol–water partition coefficient (Wildman–Crippen LogP) is 13.1. The largest absolute Gasteiger partial charge is 0.0992 e. The topological polar surface area (TPSA) is 0 Å². The van der Waals surface area contributed by atoms with Crippen molar-refractivity contribution in [3.63, 3.8) is 0 Å². The van der Waals surface area contributed by atoms with Gasteiger partial charge in [0.15, 0.2) is 0 Å². The molecule has 0 aromatic heterocycles. The van der Waals surface area contributed by atoms with Crippen molar-refractivity contribution >= 4 is 0 Å². The number of hydrogen-bond acceptors (Lipinski definition) is 0. The van der Waals surface area contributed by atoms with Crippen LogP contribution < -0.4 is 0 Å². The first-order chi connectivity index (χ1) is 18.9. The number of rotatable bonds is 15. The van der Waals surface area contributed by atoms with E-state index in [2.05, 4.69) is 142 Å². The van der Waals surface area contributed by atoms with Gasteiger partial charge in [0.25, 0.3) is 0 Å². The molecule has 40 heavy (non-hydrogen) atoms. The summed E-state index contributed by atoms with van der Waals surface area (Å²) in [4.78, 5) is 0. The first-order valence-electron chi connectivity index (χ1n) is 15.6. The smallest absolute Gasteiger partial charge is 0.00285 e. The van der Waals surface area contributed by atoms with Crippen molar-refractivity contribution in [3.8, 4) is 0 Å². The van der Waals surface area contributed by atoms with Crippen molar-refractivity contribution in [1.82, 2.24) is 0 Å². The van der Waals surface area contributed by atoms with Gasteiger partial charge >= 0.3 is 0 Å². The third-order valence-corrected chi connectivity index (χ3v) is 7.88. The quantitative estimate of drug-likeness (QED) is 0.143. The summed E-state index contributed by atoms with van der Waals surface area (Å²) >= 11 is 0. The molecule has 0 amide bonds. The molecule has 0 aromatic rings. The summed E-state index contributed by atoms with van der Waals surface area (Å²) in [6.07, 6.45) is 37.7. The Bertz CT molecular complexity index is 1060. The van der Waals surface area contributed by atoms with Crippen LogP contribution in [0.25, 0.3) is 0 Å². The van der Waals surface area contributed by atoms with Crippen LogP contribution in [0, 0.1) is 11.3 Å². The molecule has 0 N–H and O–H groups in total. The molecular formula is C40H60. The van der Waals surface area contributed by atoms with E-state index in [4.69, 9.17) is 0 Å². The van der Waals surface area contributed by atoms with Gasteiger partial charge in [0.2, 0.25) is 0 Å². The fourth-order valence-electron chi connectivity index (χ4n) is 5.14. The maximum atomic E-state index is 4.34. The van der Waals surface area contributed by atoms with Gasteiger partial charge in [-0.05, 0) is 112 Å². The Labute approximate surface area is 249 Å². The summed E-state index contributed by atoms with van der Waals surface area (Å²) in [6, 6.07) is 0. The minimum atomic E-state index is 0.317. The Kier molecular flexibility index (Phi) is 17.2. The van der Waals surface area contributed by atoms with E-state index >= 15 is 0 Å². The lowest BCUT2D eigenvalue weighted by atomic mass is 9.66. The Morgan fingerprint density at radius 2 is 1.23 bits per heavy atom. The van der Waals surface area contributed by atoms with E-state index in [9.17, 15) is 0 Å². The maximum absolute atomic E-state index is 4.34. The third-order valence-electron chi connectivity index (χ3n) is 7.88. The standard InChI is InChI=1S/C40H60/c1-32(2)18-13-21-35(5)24-15-26-36(6)25-14-22-33(3)19-11-12-20-34(4)23-16-27-37(7)29-30-39-38(8)28-17-31-40(39,9)10/h11-12,16,18-20,23-25,27,29-30,39H,8,13-15,17,21-22,26,28,31H2,1-7,9-10H3. The van der Waals surface area contributed by atoms with Gasteiger partial charge in [0.05, 0.1) is 0 Å². The maximum Gasteiger partial charge on any atom is 0.00285 e. The molecule has 0 spiro atoms. The van der Waals surface area contributed by atoms with E-state index in [0.717, 1.165) is 25.7 Å². The zero-order valence-electron chi connectivity index (χ0n) is 27.6. The second-order valence-electron chi connectivity index (χ2n) is 12.9. The van der Waals surface area contributed by atoms with Crippen LogP contribution in [0.15, 0.2) is 119 Å². The van der Waals surface area contributed by atoms with Crippen molar-refractivity contribution in [3.05, 3.63) is 119 Å². The molecule has 1 aliphatic carbocycles. The van der Waals surface area contributed by atoms with Gasteiger partial charge in [-0.15, -0.1) is 0 Å². The molecule has 1 atom stereocenters. The van der Waals surface area contributed by atoms with Crippen LogP contribution in [0.5, 0.6) is 0 Å². The number of allylic oxidation sites excluding steroid dienone is 19. The molecule has 1 unspecified atom stereocenters. The summed E-state index contributed by atoms with van der Waals surface area (Å²) in [5.74, 6) is 0.483. The summed E-state index contributed by atoms with van der Waals surface area (Å²) in [7, 11) is 0. The van der Waals surface area contributed by atoms with Gasteiger partial charge in [0, 0.05) is 5.92 Å². The molecule has 0 radical (unpaired) electrons. The summed E-state index contributed by atoms with van der Waals surface area (Å²) in [5, 5.41) is 0. The fraction of sp³-hybridized carbons (Fsp3) is 0.500. The highest BCUT2D eigenvalue weighted by molar-refractivity contribution is 5.30. The first-order valence-corrected chi connectivity index (χ1v) is 15.6. The van der Waals surface area contributed by atoms with Gasteiger partial charge in [0.1, 0.15) is 0 Å². The number of hydrogen-bond donors (Lipinski definition) is 0. The zero-order valence-corrected chi connectivity index (χ0v) is 27.6. The van der Waals surface area contributed by atoms with Gasteiger partial charge in [-0.3, -0.25) is 0 Å². The van der Waals surface area contributed by atoms with Crippen molar-refractivity contribution < 1.29 is 0 Å². The van der Waals surface area contributed by atoms with Crippen LogP contribution in [-0.2, 0) is 0 Å². The summed E-state index contributed by atoms with van der Waals surface area (Å²) in [5.41, 5.74) is 10.1. The van der Waals surface area contributed by atoms with E-state index in [1.54, 1.807) is 0 Å². The Balaban J connectivity index is 2.43. The Morgan fingerprint density at radius 3 is 1.82 bits per heavy atom. The van der Waals surface area contributed by atoms with Crippen LogP contribution in [-0.4, -0.2) is 0 Å². The predicted molar refractivity (Wildman–Crippen MR) is 184 cm³/mol. The lowest BCUT2D eigenvalue weighted by Crippen LogP contribution is -2.27. The van der Waals surface area contributed by atoms with Crippen LogP contribution in [0.1, 0.15) is 120 Å². The second-order valence-corrected chi connectivity index (χ2v) is 12.9. The highest BCUT2D eigenvalue weighted by Gasteiger charge is 2.32. The molecule has 0 aromatic carbocycles. The van der Waals surface area contributed by atoms with Crippen LogP contribution in [0.3, 0.4) is 0 Å². The van der Waals surface area contributed by atoms with Gasteiger partial charge in [-0.1, -0.05) is 132 Å². The molecule has 1 aliphatic rings. The van der Waals surface area contributed by atoms with E-state index in [0.29, 0.717) is 11.3 Å². The lowest BCUT2D eigenvalue weighted by molar-refractivity contribution is 0.228. The first kappa shape index (κ1) is 35.4. The minimum Gasteiger partial charge on any atom is -0.0992 e. The molecule has 220 valence electrons. The summed E-state index contributed by atoms with van der Waals surface area (Å²) < 4.78 is 0. The zero-order chi connectivity index (χ0) is 30.0. The van der Waals surface area contributed by atoms with Gasteiger partial charge in [-0.2, -0.15) is 0 Å². The molecule has 0 heterocycles. The van der Waals surface area contributed by atoms with Crippen molar-refractivity contribution in [2.75, 3.05) is 0 Å². The van der Waals surface area contributed by atoms with Crippen molar-refractivity contribution in [2.45, 2.75) is 120 Å². The molecule has 1 rings (SSSR count). The van der Waals surface area contributed by atoms with Crippen molar-refractivity contribution in [2.24, 2.45) is 11.3 Å². The van der Waals surface area contributed by atoms with Crippen molar-refractivity contribution in [1.29, 1.82) is 0 Å². The SMILES string of the molecule is C=C1CCCC(C)(C)C1C=CC(C)=CC=CC(C)=CC=CC=C(C)CCC=C(C)CCC=C(C)CCC=C(C)C. The highest BCUT2D eigenvalue weighted by Crippen LogP contribution is 2.43. The molecule has 0 nitrogen and oxygen atoms in total.